The van der Waals surface area contributed by atoms with E-state index in [0.717, 1.165) is 36.6 Å². The van der Waals surface area contributed by atoms with E-state index in [2.05, 4.69) is 24.1 Å². The van der Waals surface area contributed by atoms with Crippen molar-refractivity contribution in [1.29, 1.82) is 0 Å². The van der Waals surface area contributed by atoms with Crippen LogP contribution >= 0.6 is 11.3 Å². The minimum Gasteiger partial charge on any atom is -0.389 e. The predicted molar refractivity (Wildman–Crippen MR) is 59.4 cm³/mol. The van der Waals surface area contributed by atoms with Gasteiger partial charge in [-0.15, -0.1) is 11.3 Å². The zero-order chi connectivity index (χ0) is 10.4. The number of aromatic nitrogens is 1. The second-order valence-electron chi connectivity index (χ2n) is 3.17. The smallest absolute Gasteiger partial charge is 0.119 e. The first-order valence-electron chi connectivity index (χ1n) is 5.10. The maximum atomic E-state index is 8.97. The lowest BCUT2D eigenvalue weighted by atomic mass is 10.3. The highest BCUT2D eigenvalue weighted by atomic mass is 32.1. The Morgan fingerprint density at radius 1 is 1.43 bits per heavy atom. The highest BCUT2D eigenvalue weighted by molar-refractivity contribution is 7.11. The number of thiazole rings is 1. The molecule has 14 heavy (non-hydrogen) atoms. The Balaban J connectivity index is 2.59. The third-order valence-corrected chi connectivity index (χ3v) is 3.09. The molecular formula is C10H18N2OS. The summed E-state index contributed by atoms with van der Waals surface area (Å²) in [6.45, 7) is 6.23. The Morgan fingerprint density at radius 2 is 2.21 bits per heavy atom. The van der Waals surface area contributed by atoms with Gasteiger partial charge in [0.2, 0.25) is 0 Å². The molecule has 0 aliphatic carbocycles. The summed E-state index contributed by atoms with van der Waals surface area (Å²) < 4.78 is 0. The normalized spacial score (nSPS) is 10.8. The number of nitrogens with zero attached hydrogens (tertiary/aromatic N) is 1. The lowest BCUT2D eigenvalue weighted by molar-refractivity contribution is 0.281. The van der Waals surface area contributed by atoms with Crippen LogP contribution in [0.15, 0.2) is 0 Å². The first-order chi connectivity index (χ1) is 6.81. The molecule has 0 amide bonds. The fraction of sp³-hybridized carbons (Fsp3) is 0.700. The fourth-order valence-corrected chi connectivity index (χ4v) is 2.28. The lowest BCUT2D eigenvalue weighted by Gasteiger charge is -2.01. The van der Waals surface area contributed by atoms with Crippen LogP contribution in [0.2, 0.25) is 0 Å². The largest absolute Gasteiger partial charge is 0.389 e. The van der Waals surface area contributed by atoms with E-state index in [4.69, 9.17) is 5.11 Å². The molecule has 0 fully saturated rings. The molecule has 3 nitrogen and oxygen atoms in total. The minimum atomic E-state index is 0.0610. The van der Waals surface area contributed by atoms with Crippen molar-refractivity contribution in [2.75, 3.05) is 6.54 Å². The number of nitrogens with one attached hydrogen (secondary N) is 1. The zero-order valence-corrected chi connectivity index (χ0v) is 9.65. The molecule has 0 aliphatic rings. The number of hydrogen-bond donors (Lipinski definition) is 2. The van der Waals surface area contributed by atoms with Crippen molar-refractivity contribution >= 4 is 11.3 Å². The SMILES string of the molecule is CCCNCc1sc(CO)nc1CC. The van der Waals surface area contributed by atoms with Crippen LogP contribution in [0, 0.1) is 0 Å². The topological polar surface area (TPSA) is 45.1 Å². The number of aliphatic hydroxyl groups excluding tert-OH is 1. The van der Waals surface area contributed by atoms with E-state index in [1.807, 2.05) is 0 Å². The zero-order valence-electron chi connectivity index (χ0n) is 8.84. The molecule has 1 aromatic rings. The third-order valence-electron chi connectivity index (χ3n) is 2.01. The van der Waals surface area contributed by atoms with Crippen molar-refractivity contribution in [3.8, 4) is 0 Å². The molecule has 0 saturated heterocycles. The van der Waals surface area contributed by atoms with E-state index in [1.54, 1.807) is 11.3 Å². The standard InChI is InChI=1S/C10H18N2OS/c1-3-5-11-6-9-8(4-2)12-10(7-13)14-9/h11,13H,3-7H2,1-2H3. The van der Waals surface area contributed by atoms with Gasteiger partial charge in [-0.1, -0.05) is 13.8 Å². The highest BCUT2D eigenvalue weighted by Gasteiger charge is 2.07. The van der Waals surface area contributed by atoms with Gasteiger partial charge in [-0.3, -0.25) is 0 Å². The molecule has 0 saturated carbocycles. The maximum Gasteiger partial charge on any atom is 0.119 e. The molecule has 80 valence electrons. The van der Waals surface area contributed by atoms with Crippen molar-refractivity contribution in [1.82, 2.24) is 10.3 Å². The molecule has 0 spiro atoms. The molecule has 1 aromatic heterocycles. The maximum absolute atomic E-state index is 8.97. The van der Waals surface area contributed by atoms with E-state index >= 15 is 0 Å². The van der Waals surface area contributed by atoms with Crippen LogP contribution in [-0.4, -0.2) is 16.6 Å². The van der Waals surface area contributed by atoms with Crippen LogP contribution in [0.3, 0.4) is 0 Å². The summed E-state index contributed by atoms with van der Waals surface area (Å²) in [6.07, 6.45) is 2.09. The minimum absolute atomic E-state index is 0.0610. The summed E-state index contributed by atoms with van der Waals surface area (Å²) in [4.78, 5) is 5.62. The van der Waals surface area contributed by atoms with E-state index < -0.39 is 0 Å². The van der Waals surface area contributed by atoms with E-state index in [1.165, 1.54) is 4.88 Å². The molecule has 4 heteroatoms. The van der Waals surface area contributed by atoms with Crippen LogP contribution in [0.5, 0.6) is 0 Å². The summed E-state index contributed by atoms with van der Waals surface area (Å²) in [7, 11) is 0. The molecule has 2 N–H and O–H groups in total. The molecule has 1 rings (SSSR count). The quantitative estimate of drug-likeness (QED) is 0.708. The second-order valence-corrected chi connectivity index (χ2v) is 4.33. The number of aryl methyl sites for hydroxylation is 1. The Hall–Kier alpha value is -0.450. The Kier molecular flexibility index (Phi) is 5.07. The van der Waals surface area contributed by atoms with Crippen molar-refractivity contribution in [2.24, 2.45) is 0 Å². The molecule has 0 aromatic carbocycles. The second kappa shape index (κ2) is 6.11. The molecular weight excluding hydrogens is 196 g/mol. The monoisotopic (exact) mass is 214 g/mol. The summed E-state index contributed by atoms with van der Waals surface area (Å²) in [5, 5.41) is 13.2. The van der Waals surface area contributed by atoms with Crippen molar-refractivity contribution in [3.63, 3.8) is 0 Å². The Morgan fingerprint density at radius 3 is 2.79 bits per heavy atom. The van der Waals surface area contributed by atoms with E-state index in [-0.39, 0.29) is 6.61 Å². The van der Waals surface area contributed by atoms with Crippen LogP contribution in [0.4, 0.5) is 0 Å². The van der Waals surface area contributed by atoms with Gasteiger partial charge in [-0.05, 0) is 19.4 Å². The van der Waals surface area contributed by atoms with Crippen LogP contribution < -0.4 is 5.32 Å². The number of rotatable bonds is 6. The van der Waals surface area contributed by atoms with Gasteiger partial charge in [0, 0.05) is 11.4 Å². The average molecular weight is 214 g/mol. The van der Waals surface area contributed by atoms with Crippen molar-refractivity contribution < 1.29 is 5.11 Å². The molecule has 0 radical (unpaired) electrons. The van der Waals surface area contributed by atoms with E-state index in [9.17, 15) is 0 Å². The van der Waals surface area contributed by atoms with Gasteiger partial charge >= 0.3 is 0 Å². The van der Waals surface area contributed by atoms with Crippen molar-refractivity contribution in [2.45, 2.75) is 39.8 Å². The Bertz CT molecular complexity index is 273. The molecule has 1 heterocycles. The van der Waals surface area contributed by atoms with Gasteiger partial charge in [-0.2, -0.15) is 0 Å². The van der Waals surface area contributed by atoms with Gasteiger partial charge in [-0.25, -0.2) is 4.98 Å². The predicted octanol–water partition coefficient (Wildman–Crippen LogP) is 1.70. The molecule has 0 unspecified atom stereocenters. The first-order valence-corrected chi connectivity index (χ1v) is 5.92. The van der Waals surface area contributed by atoms with Gasteiger partial charge in [0.05, 0.1) is 12.3 Å². The van der Waals surface area contributed by atoms with Gasteiger partial charge < -0.3 is 10.4 Å². The molecule has 0 atom stereocenters. The Labute approximate surface area is 89.2 Å². The summed E-state index contributed by atoms with van der Waals surface area (Å²) >= 11 is 1.61. The molecule has 0 aliphatic heterocycles. The van der Waals surface area contributed by atoms with Crippen LogP contribution in [0.25, 0.3) is 0 Å². The van der Waals surface area contributed by atoms with Crippen LogP contribution in [0.1, 0.15) is 35.8 Å². The molecule has 0 bridgehead atoms. The van der Waals surface area contributed by atoms with Gasteiger partial charge in [0.1, 0.15) is 5.01 Å². The van der Waals surface area contributed by atoms with Crippen LogP contribution in [-0.2, 0) is 19.6 Å². The average Bonchev–Trinajstić information content (AvgIpc) is 2.61. The lowest BCUT2D eigenvalue weighted by Crippen LogP contribution is -2.13. The number of aliphatic hydroxyl groups is 1. The fourth-order valence-electron chi connectivity index (χ4n) is 1.30. The summed E-state index contributed by atoms with van der Waals surface area (Å²) in [5.41, 5.74) is 1.13. The highest BCUT2D eigenvalue weighted by Crippen LogP contribution is 2.18. The van der Waals surface area contributed by atoms with E-state index in [0.29, 0.717) is 0 Å². The third kappa shape index (κ3) is 3.04. The summed E-state index contributed by atoms with van der Waals surface area (Å²) in [5.74, 6) is 0. The first kappa shape index (κ1) is 11.6. The summed E-state index contributed by atoms with van der Waals surface area (Å²) in [6, 6.07) is 0. The number of hydrogen-bond acceptors (Lipinski definition) is 4. The van der Waals surface area contributed by atoms with Crippen molar-refractivity contribution in [3.05, 3.63) is 15.6 Å². The van der Waals surface area contributed by atoms with Gasteiger partial charge in [0.15, 0.2) is 0 Å². The van der Waals surface area contributed by atoms with Gasteiger partial charge in [0.25, 0.3) is 0 Å².